The third kappa shape index (κ3) is 26.9. The number of nitriles is 4. The van der Waals surface area contributed by atoms with Gasteiger partial charge in [-0.15, -0.1) is 0 Å². The van der Waals surface area contributed by atoms with Crippen molar-refractivity contribution in [1.82, 2.24) is 0 Å². The molecule has 2 aliphatic rings. The van der Waals surface area contributed by atoms with E-state index in [2.05, 4.69) is 39.1 Å². The summed E-state index contributed by atoms with van der Waals surface area (Å²) in [4.78, 5) is 114. The van der Waals surface area contributed by atoms with Crippen molar-refractivity contribution in [3.63, 3.8) is 0 Å². The summed E-state index contributed by atoms with van der Waals surface area (Å²) in [5.41, 5.74) is 1.80. The smallest absolute Gasteiger partial charge is 0.251 e. The second kappa shape index (κ2) is 37.9. The molecule has 0 N–H and O–H groups in total. The molecule has 4 aromatic rings. The lowest BCUT2D eigenvalue weighted by molar-refractivity contribution is -0.235. The molecule has 0 heterocycles. The maximum atomic E-state index is 11.7. The number of rotatable bonds is 10. The summed E-state index contributed by atoms with van der Waals surface area (Å²) in [7, 11) is 0. The summed E-state index contributed by atoms with van der Waals surface area (Å²) in [6.45, 7) is 0.0333. The largest absolute Gasteiger partial charge is 0.386 e. The molecule has 0 unspecified atom stereocenters. The van der Waals surface area contributed by atoms with Crippen LogP contribution in [-0.2, 0) is 58.3 Å². The minimum Gasteiger partial charge on any atom is -0.251 e. The molecule has 0 spiro atoms. The highest BCUT2D eigenvalue weighted by Gasteiger charge is 2.16. The molecule has 0 aliphatic heterocycles. The van der Waals surface area contributed by atoms with Gasteiger partial charge in [-0.3, -0.25) is 38.7 Å². The van der Waals surface area contributed by atoms with Crippen LogP contribution in [0.1, 0.15) is 147 Å². The Morgan fingerprint density at radius 2 is 0.565 bits per heavy atom. The highest BCUT2D eigenvalue weighted by atomic mass is 17.2. The highest BCUT2D eigenvalue weighted by Crippen LogP contribution is 2.16. The van der Waals surface area contributed by atoms with Crippen LogP contribution in [0.5, 0.6) is 0 Å². The summed E-state index contributed by atoms with van der Waals surface area (Å²) < 4.78 is 0. The van der Waals surface area contributed by atoms with Crippen molar-refractivity contribution in [2.45, 2.75) is 83.5 Å². The van der Waals surface area contributed by atoms with Gasteiger partial charge in [-0.05, 0) is 84.9 Å². The molecule has 20 nitrogen and oxygen atoms in total. The molecular formula is C49H46N4O16. The molecule has 358 valence electrons. The predicted molar refractivity (Wildman–Crippen MR) is 235 cm³/mol. The molecule has 0 bridgehead atoms. The maximum absolute atomic E-state index is 11.7. The quantitative estimate of drug-likeness (QED) is 0.0474. The van der Waals surface area contributed by atoms with Crippen molar-refractivity contribution in [1.29, 1.82) is 21.0 Å². The van der Waals surface area contributed by atoms with Gasteiger partial charge in [-0.2, -0.15) is 21.0 Å². The molecule has 0 radical (unpaired) electrons. The molecule has 4 aromatic carbocycles. The zero-order valence-electron chi connectivity index (χ0n) is 37.1. The SMILES string of the molecule is C1CCCCC1.C1CCCCCC1.N#Cc1ccc(C(=O)OOC(=O)c2ccc(C#N)cc2)cc1.N#Cc1cccc(C(=O)OOC(=O)c2cccc(C#N)c2)c1.O=COOC=O.O=COOC=O. The Bertz CT molecular complexity index is 2190. The third-order valence-corrected chi connectivity index (χ3v) is 8.86. The van der Waals surface area contributed by atoms with Gasteiger partial charge in [-0.1, -0.05) is 95.6 Å². The Hall–Kier alpha value is -9.40. The minimum atomic E-state index is -0.901. The zero-order chi connectivity index (χ0) is 50.7. The molecule has 2 aliphatic carbocycles. The van der Waals surface area contributed by atoms with E-state index in [-0.39, 0.29) is 59.3 Å². The molecule has 69 heavy (non-hydrogen) atoms. The van der Waals surface area contributed by atoms with E-state index >= 15 is 0 Å². The molecule has 20 heteroatoms. The lowest BCUT2D eigenvalue weighted by Crippen LogP contribution is -2.12. The van der Waals surface area contributed by atoms with E-state index < -0.39 is 23.9 Å². The summed E-state index contributed by atoms with van der Waals surface area (Å²) >= 11 is 0. The van der Waals surface area contributed by atoms with Gasteiger partial charge in [0.25, 0.3) is 0 Å². The van der Waals surface area contributed by atoms with Gasteiger partial charge in [0.15, 0.2) is 0 Å². The average molecular weight is 947 g/mol. The first-order chi connectivity index (χ1) is 33.6. The molecule has 0 aromatic heterocycles. The van der Waals surface area contributed by atoms with Crippen LogP contribution in [0.4, 0.5) is 0 Å². The number of hydrogen-bond donors (Lipinski definition) is 0. The van der Waals surface area contributed by atoms with Crippen molar-refractivity contribution >= 4 is 49.8 Å². The van der Waals surface area contributed by atoms with Crippen LogP contribution in [0.15, 0.2) is 97.1 Å². The van der Waals surface area contributed by atoms with Gasteiger partial charge in [0.2, 0.25) is 0 Å². The minimum absolute atomic E-state index is 0.00833. The Kier molecular flexibility index (Phi) is 31.7. The first-order valence-corrected chi connectivity index (χ1v) is 20.9. The first-order valence-electron chi connectivity index (χ1n) is 20.9. The maximum Gasteiger partial charge on any atom is 0.386 e. The summed E-state index contributed by atoms with van der Waals surface area (Å²) in [6, 6.07) is 30.4. The van der Waals surface area contributed by atoms with E-state index in [0.29, 0.717) is 11.1 Å². The molecular weight excluding hydrogens is 901 g/mol. The Morgan fingerprint density at radius 1 is 0.333 bits per heavy atom. The molecule has 2 saturated carbocycles. The van der Waals surface area contributed by atoms with Crippen molar-refractivity contribution in [2.24, 2.45) is 0 Å². The van der Waals surface area contributed by atoms with Gasteiger partial charge in [0.1, 0.15) is 0 Å². The fourth-order valence-corrected chi connectivity index (χ4v) is 5.53. The molecule has 2 fully saturated rings. The Morgan fingerprint density at radius 3 is 0.783 bits per heavy atom. The molecule has 0 amide bonds. The van der Waals surface area contributed by atoms with Crippen LogP contribution in [-0.4, -0.2) is 49.8 Å². The predicted octanol–water partition coefficient (Wildman–Crippen LogP) is 8.28. The topological polar surface area (TPSA) is 306 Å². The monoisotopic (exact) mass is 946 g/mol. The van der Waals surface area contributed by atoms with Crippen LogP contribution in [0.2, 0.25) is 0 Å². The van der Waals surface area contributed by atoms with E-state index in [0.717, 1.165) is 0 Å². The fraction of sp³-hybridized carbons (Fsp3) is 0.265. The molecule has 0 saturated heterocycles. The lowest BCUT2D eigenvalue weighted by atomic mass is 10.0. The van der Waals surface area contributed by atoms with Gasteiger partial charge in [0, 0.05) is 0 Å². The zero-order valence-corrected chi connectivity index (χ0v) is 37.1. The van der Waals surface area contributed by atoms with Gasteiger partial charge in [0.05, 0.1) is 68.8 Å². The van der Waals surface area contributed by atoms with Crippen molar-refractivity contribution in [3.05, 3.63) is 142 Å². The summed E-state index contributed by atoms with van der Waals surface area (Å²) in [6.07, 6.45) is 19.5. The second-order valence-electron chi connectivity index (χ2n) is 13.6. The van der Waals surface area contributed by atoms with E-state index in [1.807, 2.05) is 24.3 Å². The average Bonchev–Trinajstić information content (AvgIpc) is 3.75. The fourth-order valence-electron chi connectivity index (χ4n) is 5.53. The van der Waals surface area contributed by atoms with Gasteiger partial charge < -0.3 is 0 Å². The van der Waals surface area contributed by atoms with Crippen LogP contribution in [0, 0.1) is 45.3 Å². The second-order valence-corrected chi connectivity index (χ2v) is 13.6. The van der Waals surface area contributed by atoms with E-state index in [9.17, 15) is 19.2 Å². The third-order valence-electron chi connectivity index (χ3n) is 8.86. The first kappa shape index (κ1) is 57.6. The lowest BCUT2D eigenvalue weighted by Gasteiger charge is -2.05. The normalized spacial score (nSPS) is 11.4. The highest BCUT2D eigenvalue weighted by molar-refractivity contribution is 5.93. The van der Waals surface area contributed by atoms with Crippen LogP contribution < -0.4 is 0 Å². The van der Waals surface area contributed by atoms with Crippen LogP contribution in [0.3, 0.4) is 0 Å². The van der Waals surface area contributed by atoms with Crippen LogP contribution >= 0.6 is 0 Å². The van der Waals surface area contributed by atoms with Crippen LogP contribution in [0.25, 0.3) is 0 Å². The number of benzene rings is 4. The van der Waals surface area contributed by atoms with E-state index in [1.54, 1.807) is 0 Å². The van der Waals surface area contributed by atoms with Gasteiger partial charge >= 0.3 is 49.8 Å². The standard InChI is InChI=1S/2C16H8N2O4.C7H14.C6H12.2C2H2O4/c17-9-11-1-5-13(6-2-11)15(19)21-22-16(20)14-7-3-12(10-18)4-8-14;17-9-11-3-1-5-13(7-11)15(19)21-22-16(20)14-6-2-4-12(8-14)10-18;1-2-4-6-7-5-3-1;1-2-4-6-5-3-1;2*3-1-5-6-2-4/h2*1-8H;1-7H2;1-6H2;2*1-2H. The summed E-state index contributed by atoms with van der Waals surface area (Å²) in [5, 5.41) is 34.8. The Balaban J connectivity index is 0.000000464. The number of nitrogens with zero attached hydrogens (tertiary/aromatic N) is 4. The van der Waals surface area contributed by atoms with Crippen molar-refractivity contribution in [3.8, 4) is 24.3 Å². The Labute approximate surface area is 396 Å². The number of carbonyl (C=O) groups excluding carboxylic acids is 8. The van der Waals surface area contributed by atoms with Crippen molar-refractivity contribution < 1.29 is 77.5 Å². The number of hydrogen-bond acceptors (Lipinski definition) is 20. The van der Waals surface area contributed by atoms with E-state index in [1.165, 1.54) is 181 Å². The van der Waals surface area contributed by atoms with E-state index in [4.69, 9.17) is 40.2 Å². The number of carbonyl (C=O) groups is 8. The van der Waals surface area contributed by atoms with Gasteiger partial charge in [-0.25, -0.2) is 38.7 Å². The summed E-state index contributed by atoms with van der Waals surface area (Å²) in [5.74, 6) is -3.51. The molecule has 6 rings (SSSR count). The van der Waals surface area contributed by atoms with Crippen molar-refractivity contribution in [2.75, 3.05) is 0 Å². The molecule has 0 atom stereocenters.